The van der Waals surface area contributed by atoms with Gasteiger partial charge in [0.05, 0.1) is 5.69 Å². The number of anilines is 1. The van der Waals surface area contributed by atoms with Crippen LogP contribution in [-0.2, 0) is 4.79 Å². The predicted octanol–water partition coefficient (Wildman–Crippen LogP) is 5.96. The number of para-hydroxylation sites is 1. The summed E-state index contributed by atoms with van der Waals surface area (Å²) in [5, 5.41) is 2.53. The van der Waals surface area contributed by atoms with Crippen LogP contribution in [0.3, 0.4) is 0 Å². The minimum absolute atomic E-state index is 0.0870. The third-order valence-corrected chi connectivity index (χ3v) is 6.14. The van der Waals surface area contributed by atoms with Crippen molar-refractivity contribution in [2.24, 2.45) is 0 Å². The lowest BCUT2D eigenvalue weighted by Gasteiger charge is -2.13. The van der Waals surface area contributed by atoms with Gasteiger partial charge in [-0.05, 0) is 42.8 Å². The lowest BCUT2D eigenvalue weighted by Crippen LogP contribution is -2.25. The summed E-state index contributed by atoms with van der Waals surface area (Å²) in [7, 11) is 0. The third kappa shape index (κ3) is 2.21. The fourth-order valence-corrected chi connectivity index (χ4v) is 4.85. The highest BCUT2D eigenvalue weighted by atomic mass is 32.1. The van der Waals surface area contributed by atoms with Crippen molar-refractivity contribution in [1.82, 2.24) is 0 Å². The van der Waals surface area contributed by atoms with E-state index in [9.17, 15) is 4.79 Å². The Bertz CT molecular complexity index is 1200. The molecule has 0 atom stereocenters. The second-order valence-electron chi connectivity index (χ2n) is 6.48. The maximum Gasteiger partial charge on any atom is 0.258 e. The molecule has 3 heteroatoms. The van der Waals surface area contributed by atoms with Crippen molar-refractivity contribution >= 4 is 54.8 Å². The Balaban J connectivity index is 1.69. The van der Waals surface area contributed by atoms with Crippen LogP contribution in [0.2, 0.25) is 0 Å². The zero-order valence-corrected chi connectivity index (χ0v) is 15.2. The summed E-state index contributed by atoms with van der Waals surface area (Å²) < 4.78 is 2.58. The Hall–Kier alpha value is -2.91. The van der Waals surface area contributed by atoms with Gasteiger partial charge in [-0.25, -0.2) is 0 Å². The number of thiophene rings is 1. The largest absolute Gasteiger partial charge is 0.308 e. The summed E-state index contributed by atoms with van der Waals surface area (Å²) in [6, 6.07) is 23.0. The van der Waals surface area contributed by atoms with E-state index >= 15 is 0 Å². The normalized spacial score (nSPS) is 15.3. The highest BCUT2D eigenvalue weighted by Crippen LogP contribution is 2.39. The van der Waals surface area contributed by atoms with Crippen molar-refractivity contribution in [2.75, 3.05) is 11.4 Å². The maximum absolute atomic E-state index is 12.9. The minimum atomic E-state index is 0.0870. The molecule has 126 valence electrons. The zero-order chi connectivity index (χ0) is 17.7. The maximum atomic E-state index is 12.9. The molecule has 0 bridgehead atoms. The van der Waals surface area contributed by atoms with Crippen LogP contribution in [0.4, 0.5) is 5.69 Å². The predicted molar refractivity (Wildman–Crippen MR) is 112 cm³/mol. The number of hydrogen-bond acceptors (Lipinski definition) is 2. The Morgan fingerprint density at radius 3 is 2.58 bits per heavy atom. The number of carbonyl (C=O) groups is 1. The van der Waals surface area contributed by atoms with Crippen LogP contribution in [0.1, 0.15) is 18.1 Å². The van der Waals surface area contributed by atoms with Gasteiger partial charge in [0.2, 0.25) is 0 Å². The summed E-state index contributed by atoms with van der Waals surface area (Å²) in [6.45, 7) is 2.70. The molecular weight excluding hydrogens is 338 g/mol. The SMILES string of the molecule is CCN1C(=O)C(=Cc2ccc3sc4ccccc4c3c2)c2ccccc21. The molecule has 0 spiro atoms. The lowest BCUT2D eigenvalue weighted by atomic mass is 10.0. The van der Waals surface area contributed by atoms with E-state index < -0.39 is 0 Å². The van der Waals surface area contributed by atoms with Crippen LogP contribution in [0.25, 0.3) is 31.8 Å². The van der Waals surface area contributed by atoms with Gasteiger partial charge in [-0.15, -0.1) is 11.3 Å². The van der Waals surface area contributed by atoms with E-state index in [1.54, 1.807) is 0 Å². The van der Waals surface area contributed by atoms with E-state index in [4.69, 9.17) is 0 Å². The number of nitrogens with zero attached hydrogens (tertiary/aromatic N) is 1. The van der Waals surface area contributed by atoms with Crippen molar-refractivity contribution in [3.8, 4) is 0 Å². The molecule has 0 aliphatic carbocycles. The molecule has 0 fully saturated rings. The average molecular weight is 355 g/mol. The van der Waals surface area contributed by atoms with Crippen LogP contribution >= 0.6 is 11.3 Å². The van der Waals surface area contributed by atoms with Crippen LogP contribution in [0.5, 0.6) is 0 Å². The van der Waals surface area contributed by atoms with Crippen molar-refractivity contribution in [3.63, 3.8) is 0 Å². The molecular formula is C23H17NOS. The van der Waals surface area contributed by atoms with Gasteiger partial charge in [0, 0.05) is 37.9 Å². The van der Waals surface area contributed by atoms with Crippen molar-refractivity contribution in [2.45, 2.75) is 6.92 Å². The highest BCUT2D eigenvalue weighted by Gasteiger charge is 2.30. The third-order valence-electron chi connectivity index (χ3n) is 4.99. The summed E-state index contributed by atoms with van der Waals surface area (Å²) in [5.74, 6) is 0.0870. The molecule has 0 unspecified atom stereocenters. The Morgan fingerprint density at radius 2 is 1.69 bits per heavy atom. The first-order chi connectivity index (χ1) is 12.8. The molecule has 1 aliphatic heterocycles. The quantitative estimate of drug-likeness (QED) is 0.406. The molecule has 0 saturated carbocycles. The van der Waals surface area contributed by atoms with Crippen LogP contribution < -0.4 is 4.90 Å². The number of fused-ring (bicyclic) bond motifs is 4. The number of rotatable bonds is 2. The molecule has 1 amide bonds. The van der Waals surface area contributed by atoms with Gasteiger partial charge < -0.3 is 4.90 Å². The molecule has 5 rings (SSSR count). The van der Waals surface area contributed by atoms with Gasteiger partial charge in [-0.3, -0.25) is 4.79 Å². The fourth-order valence-electron chi connectivity index (χ4n) is 3.76. The topological polar surface area (TPSA) is 20.3 Å². The molecule has 0 radical (unpaired) electrons. The number of hydrogen-bond donors (Lipinski definition) is 0. The van der Waals surface area contributed by atoms with Gasteiger partial charge >= 0.3 is 0 Å². The summed E-state index contributed by atoms with van der Waals surface area (Å²) in [4.78, 5) is 14.7. The molecule has 3 aromatic carbocycles. The first kappa shape index (κ1) is 15.4. The van der Waals surface area contributed by atoms with E-state index in [0.717, 1.165) is 22.4 Å². The first-order valence-electron chi connectivity index (χ1n) is 8.80. The van der Waals surface area contributed by atoms with Crippen LogP contribution in [0.15, 0.2) is 66.7 Å². The van der Waals surface area contributed by atoms with E-state index in [1.165, 1.54) is 20.2 Å². The fraction of sp³-hybridized carbons (Fsp3) is 0.0870. The molecule has 26 heavy (non-hydrogen) atoms. The number of benzene rings is 3. The van der Waals surface area contributed by atoms with E-state index in [1.807, 2.05) is 53.5 Å². The molecule has 2 heterocycles. The van der Waals surface area contributed by atoms with E-state index in [2.05, 4.69) is 42.5 Å². The van der Waals surface area contributed by atoms with Crippen molar-refractivity contribution in [3.05, 3.63) is 77.9 Å². The summed E-state index contributed by atoms with van der Waals surface area (Å²) >= 11 is 1.81. The molecule has 0 N–H and O–H groups in total. The second kappa shape index (κ2) is 5.82. The van der Waals surface area contributed by atoms with Crippen LogP contribution in [-0.4, -0.2) is 12.5 Å². The highest BCUT2D eigenvalue weighted by molar-refractivity contribution is 7.25. The van der Waals surface area contributed by atoms with E-state index in [0.29, 0.717) is 6.54 Å². The molecule has 1 aromatic heterocycles. The van der Waals surface area contributed by atoms with Gasteiger partial charge in [-0.1, -0.05) is 42.5 Å². The summed E-state index contributed by atoms with van der Waals surface area (Å²) in [5.41, 5.74) is 3.88. The molecule has 4 aromatic rings. The smallest absolute Gasteiger partial charge is 0.258 e. The van der Waals surface area contributed by atoms with E-state index in [-0.39, 0.29) is 5.91 Å². The Labute approximate surface area is 156 Å². The van der Waals surface area contributed by atoms with Gasteiger partial charge in [-0.2, -0.15) is 0 Å². The zero-order valence-electron chi connectivity index (χ0n) is 14.4. The first-order valence-corrected chi connectivity index (χ1v) is 9.62. The number of likely N-dealkylation sites (N-methyl/N-ethyl adjacent to an activating group) is 1. The number of carbonyl (C=O) groups excluding carboxylic acids is 1. The minimum Gasteiger partial charge on any atom is -0.308 e. The van der Waals surface area contributed by atoms with Crippen molar-refractivity contribution in [1.29, 1.82) is 0 Å². The molecule has 2 nitrogen and oxygen atoms in total. The van der Waals surface area contributed by atoms with Gasteiger partial charge in [0.25, 0.3) is 5.91 Å². The van der Waals surface area contributed by atoms with Gasteiger partial charge in [0.1, 0.15) is 0 Å². The number of amides is 1. The van der Waals surface area contributed by atoms with Crippen molar-refractivity contribution < 1.29 is 4.79 Å². The average Bonchev–Trinajstić information content (AvgIpc) is 3.17. The lowest BCUT2D eigenvalue weighted by molar-refractivity contribution is -0.112. The van der Waals surface area contributed by atoms with Crippen LogP contribution in [0, 0.1) is 0 Å². The Kier molecular flexibility index (Phi) is 3.44. The Morgan fingerprint density at radius 1 is 0.923 bits per heavy atom. The van der Waals surface area contributed by atoms with Gasteiger partial charge in [0.15, 0.2) is 0 Å². The molecule has 0 saturated heterocycles. The monoisotopic (exact) mass is 355 g/mol. The summed E-state index contributed by atoms with van der Waals surface area (Å²) in [6.07, 6.45) is 2.03. The standard InChI is InChI=1S/C23H17NOS/c1-2-24-20-9-5-3-7-16(20)19(23(24)25)14-15-11-12-22-18(13-15)17-8-4-6-10-21(17)26-22/h3-14H,2H2,1H3. The second-order valence-corrected chi connectivity index (χ2v) is 7.56. The molecule has 1 aliphatic rings.